The lowest BCUT2D eigenvalue weighted by Crippen LogP contribution is -2.53. The lowest BCUT2D eigenvalue weighted by atomic mass is 10.0. The first-order valence-corrected chi connectivity index (χ1v) is 9.05. The van der Waals surface area contributed by atoms with E-state index in [0.29, 0.717) is 0 Å². The highest BCUT2D eigenvalue weighted by atomic mass is 16.5. The van der Waals surface area contributed by atoms with E-state index >= 15 is 0 Å². The van der Waals surface area contributed by atoms with Crippen molar-refractivity contribution >= 4 is 5.91 Å². The molecule has 2 aliphatic rings. The Morgan fingerprint density at radius 2 is 2.04 bits per heavy atom. The van der Waals surface area contributed by atoms with Gasteiger partial charge in [-0.3, -0.25) is 15.0 Å². The highest BCUT2D eigenvalue weighted by Crippen LogP contribution is 2.19. The second kappa shape index (κ2) is 8.14. The maximum absolute atomic E-state index is 12.8. The Labute approximate surface area is 144 Å². The van der Waals surface area contributed by atoms with Gasteiger partial charge in [0.25, 0.3) is 0 Å². The van der Waals surface area contributed by atoms with E-state index in [1.807, 2.05) is 24.0 Å². The molecular formula is C18H29N3O3. The summed E-state index contributed by atoms with van der Waals surface area (Å²) in [6.07, 6.45) is 1.95. The summed E-state index contributed by atoms with van der Waals surface area (Å²) >= 11 is 0. The maximum Gasteiger partial charge on any atom is 0.239 e. The van der Waals surface area contributed by atoms with Crippen LogP contribution in [0.25, 0.3) is 0 Å². The number of morpholine rings is 1. The van der Waals surface area contributed by atoms with E-state index in [1.54, 1.807) is 0 Å². The van der Waals surface area contributed by atoms with E-state index < -0.39 is 0 Å². The predicted octanol–water partition coefficient (Wildman–Crippen LogP) is 1.56. The smallest absolute Gasteiger partial charge is 0.239 e. The molecule has 0 saturated carbocycles. The van der Waals surface area contributed by atoms with Gasteiger partial charge in [-0.2, -0.15) is 0 Å². The van der Waals surface area contributed by atoms with Crippen LogP contribution in [-0.4, -0.2) is 67.7 Å². The molecule has 6 nitrogen and oxygen atoms in total. The number of ether oxygens (including phenoxy) is 1. The fourth-order valence-electron chi connectivity index (χ4n) is 3.47. The monoisotopic (exact) mass is 335 g/mol. The number of hydrogen-bond acceptors (Lipinski definition) is 5. The third-order valence-corrected chi connectivity index (χ3v) is 4.96. The number of furan rings is 1. The SMILES string of the molecule is Cc1ccc([C@H](C)N[C@@H]2CCCN(CCN3CCOCC3)C2=O)o1. The molecular weight excluding hydrogens is 306 g/mol. The fourth-order valence-corrected chi connectivity index (χ4v) is 3.47. The number of rotatable bonds is 6. The van der Waals surface area contributed by atoms with Crippen molar-refractivity contribution in [1.29, 1.82) is 0 Å². The summed E-state index contributed by atoms with van der Waals surface area (Å²) in [7, 11) is 0. The van der Waals surface area contributed by atoms with Crippen LogP contribution in [0.5, 0.6) is 0 Å². The highest BCUT2D eigenvalue weighted by molar-refractivity contribution is 5.82. The molecule has 2 aliphatic heterocycles. The van der Waals surface area contributed by atoms with Crippen molar-refractivity contribution < 1.29 is 13.9 Å². The van der Waals surface area contributed by atoms with Gasteiger partial charge in [-0.15, -0.1) is 0 Å². The van der Waals surface area contributed by atoms with Gasteiger partial charge in [0.2, 0.25) is 5.91 Å². The lowest BCUT2D eigenvalue weighted by Gasteiger charge is -2.36. The van der Waals surface area contributed by atoms with Gasteiger partial charge in [0.05, 0.1) is 25.3 Å². The van der Waals surface area contributed by atoms with E-state index in [9.17, 15) is 4.79 Å². The van der Waals surface area contributed by atoms with E-state index in [4.69, 9.17) is 9.15 Å². The van der Waals surface area contributed by atoms with Crippen LogP contribution in [0.3, 0.4) is 0 Å². The van der Waals surface area contributed by atoms with Gasteiger partial charge in [-0.25, -0.2) is 0 Å². The molecule has 2 atom stereocenters. The van der Waals surface area contributed by atoms with Gasteiger partial charge in [0.1, 0.15) is 11.5 Å². The fraction of sp³-hybridized carbons (Fsp3) is 0.722. The Morgan fingerprint density at radius 1 is 1.25 bits per heavy atom. The number of nitrogens with one attached hydrogen (secondary N) is 1. The normalized spacial score (nSPS) is 24.3. The molecule has 134 valence electrons. The average molecular weight is 335 g/mol. The topological polar surface area (TPSA) is 58.0 Å². The second-order valence-corrected chi connectivity index (χ2v) is 6.81. The summed E-state index contributed by atoms with van der Waals surface area (Å²) in [6, 6.07) is 3.89. The zero-order valence-corrected chi connectivity index (χ0v) is 14.8. The van der Waals surface area contributed by atoms with Crippen molar-refractivity contribution in [3.63, 3.8) is 0 Å². The molecule has 2 fully saturated rings. The second-order valence-electron chi connectivity index (χ2n) is 6.81. The summed E-state index contributed by atoms with van der Waals surface area (Å²) in [6.45, 7) is 10.2. The van der Waals surface area contributed by atoms with E-state index in [2.05, 4.69) is 17.1 Å². The average Bonchev–Trinajstić information content (AvgIpc) is 3.03. The van der Waals surface area contributed by atoms with Crippen LogP contribution < -0.4 is 5.32 Å². The molecule has 0 spiro atoms. The Kier molecular flexibility index (Phi) is 5.92. The summed E-state index contributed by atoms with van der Waals surface area (Å²) in [5.41, 5.74) is 0. The van der Waals surface area contributed by atoms with Crippen molar-refractivity contribution in [2.45, 2.75) is 38.8 Å². The predicted molar refractivity (Wildman–Crippen MR) is 91.9 cm³/mol. The number of carbonyl (C=O) groups excluding carboxylic acids is 1. The third-order valence-electron chi connectivity index (χ3n) is 4.96. The molecule has 1 aromatic rings. The molecule has 24 heavy (non-hydrogen) atoms. The molecule has 1 amide bonds. The number of likely N-dealkylation sites (tertiary alicyclic amines) is 1. The molecule has 0 aromatic carbocycles. The summed E-state index contributed by atoms with van der Waals surface area (Å²) in [5.74, 6) is 2.02. The van der Waals surface area contributed by atoms with Gasteiger partial charge in [0.15, 0.2) is 0 Å². The third kappa shape index (κ3) is 4.37. The first kappa shape index (κ1) is 17.5. The Morgan fingerprint density at radius 3 is 2.75 bits per heavy atom. The van der Waals surface area contributed by atoms with Gasteiger partial charge < -0.3 is 14.1 Å². The van der Waals surface area contributed by atoms with Gasteiger partial charge in [-0.05, 0) is 38.8 Å². The Hall–Kier alpha value is -1.37. The minimum atomic E-state index is -0.108. The zero-order valence-electron chi connectivity index (χ0n) is 14.8. The number of carbonyl (C=O) groups is 1. The van der Waals surface area contributed by atoms with Gasteiger partial charge in [0, 0.05) is 32.7 Å². The van der Waals surface area contributed by atoms with Crippen LogP contribution in [0.4, 0.5) is 0 Å². The minimum Gasteiger partial charge on any atom is -0.465 e. The first-order chi connectivity index (χ1) is 11.6. The van der Waals surface area contributed by atoms with Crippen LogP contribution in [0.15, 0.2) is 16.5 Å². The molecule has 3 rings (SSSR count). The number of hydrogen-bond donors (Lipinski definition) is 1. The molecule has 0 bridgehead atoms. The molecule has 1 N–H and O–H groups in total. The van der Waals surface area contributed by atoms with Crippen LogP contribution in [0, 0.1) is 6.92 Å². The van der Waals surface area contributed by atoms with Crippen LogP contribution in [-0.2, 0) is 9.53 Å². The van der Waals surface area contributed by atoms with Crippen LogP contribution in [0.1, 0.15) is 37.3 Å². The lowest BCUT2D eigenvalue weighted by molar-refractivity contribution is -0.136. The van der Waals surface area contributed by atoms with Crippen LogP contribution in [0.2, 0.25) is 0 Å². The van der Waals surface area contributed by atoms with Crippen LogP contribution >= 0.6 is 0 Å². The van der Waals surface area contributed by atoms with Crippen molar-refractivity contribution in [3.05, 3.63) is 23.7 Å². The number of nitrogens with zero attached hydrogens (tertiary/aromatic N) is 2. The first-order valence-electron chi connectivity index (χ1n) is 9.05. The van der Waals surface area contributed by atoms with Crippen molar-refractivity contribution in [2.24, 2.45) is 0 Å². The van der Waals surface area contributed by atoms with E-state index in [1.165, 1.54) is 0 Å². The minimum absolute atomic E-state index is 0.0480. The molecule has 6 heteroatoms. The maximum atomic E-state index is 12.8. The number of amides is 1. The van der Waals surface area contributed by atoms with Crippen molar-refractivity contribution in [2.75, 3.05) is 45.9 Å². The Balaban J connectivity index is 1.50. The molecule has 0 aliphatic carbocycles. The van der Waals surface area contributed by atoms with Gasteiger partial charge in [-0.1, -0.05) is 0 Å². The zero-order chi connectivity index (χ0) is 16.9. The molecule has 0 unspecified atom stereocenters. The molecule has 2 saturated heterocycles. The number of piperidine rings is 1. The summed E-state index contributed by atoms with van der Waals surface area (Å²) in [4.78, 5) is 17.1. The number of aryl methyl sites for hydroxylation is 1. The standard InChI is InChI=1S/C18H29N3O3/c1-14-5-6-17(24-14)15(2)19-16-4-3-7-21(18(16)22)9-8-20-10-12-23-13-11-20/h5-6,15-16,19H,3-4,7-13H2,1-2H3/t15-,16+/m0/s1. The Bertz CT molecular complexity index is 539. The quantitative estimate of drug-likeness (QED) is 0.855. The molecule has 0 radical (unpaired) electrons. The van der Waals surface area contributed by atoms with E-state index in [0.717, 1.165) is 70.3 Å². The largest absolute Gasteiger partial charge is 0.465 e. The highest BCUT2D eigenvalue weighted by Gasteiger charge is 2.30. The van der Waals surface area contributed by atoms with Gasteiger partial charge >= 0.3 is 0 Å². The van der Waals surface area contributed by atoms with E-state index in [-0.39, 0.29) is 18.0 Å². The molecule has 3 heterocycles. The summed E-state index contributed by atoms with van der Waals surface area (Å²) in [5, 5.41) is 3.45. The van der Waals surface area contributed by atoms with Crippen molar-refractivity contribution in [1.82, 2.24) is 15.1 Å². The summed E-state index contributed by atoms with van der Waals surface area (Å²) < 4.78 is 11.0. The van der Waals surface area contributed by atoms with Crippen molar-refractivity contribution in [3.8, 4) is 0 Å². The molecule has 1 aromatic heterocycles.